The molecule has 4 rings (SSSR count). The molecule has 2 aromatic carbocycles. The summed E-state index contributed by atoms with van der Waals surface area (Å²) in [6.45, 7) is 0. The Balaban J connectivity index is 1.62. The number of carbonyl (C=O) groups excluding carboxylic acids is 1. The number of nitrogens with zero attached hydrogens (tertiary/aromatic N) is 1. The molecule has 0 radical (unpaired) electrons. The number of carbonyl (C=O) groups is 2. The number of carboxylic acid groups (broad SMARTS) is 1. The van der Waals surface area contributed by atoms with Crippen LogP contribution in [0.4, 0.5) is 4.39 Å². The van der Waals surface area contributed by atoms with Gasteiger partial charge in [-0.3, -0.25) is 9.69 Å². The number of aliphatic carboxylic acids is 1. The first-order valence-corrected chi connectivity index (χ1v) is 10.1. The second-order valence-corrected chi connectivity index (χ2v) is 8.09. The van der Waals surface area contributed by atoms with Crippen LogP contribution in [0.15, 0.2) is 76.1 Å². The summed E-state index contributed by atoms with van der Waals surface area (Å²) in [6.07, 6.45) is 1.52. The van der Waals surface area contributed by atoms with Gasteiger partial charge in [0.25, 0.3) is 5.91 Å². The second kappa shape index (κ2) is 8.25. The van der Waals surface area contributed by atoms with Crippen molar-refractivity contribution in [2.75, 3.05) is 0 Å². The zero-order valence-corrected chi connectivity index (χ0v) is 17.0. The molecule has 150 valence electrons. The Bertz CT molecular complexity index is 1160. The second-order valence-electron chi connectivity index (χ2n) is 6.41. The van der Waals surface area contributed by atoms with Crippen molar-refractivity contribution in [2.24, 2.45) is 0 Å². The van der Waals surface area contributed by atoms with Crippen LogP contribution in [-0.4, -0.2) is 26.2 Å². The lowest BCUT2D eigenvalue weighted by atomic mass is 10.1. The number of carboxylic acids is 1. The molecule has 0 unspecified atom stereocenters. The Morgan fingerprint density at radius 1 is 1.10 bits per heavy atom. The van der Waals surface area contributed by atoms with Crippen LogP contribution in [-0.2, 0) is 9.59 Å². The molecule has 8 heteroatoms. The number of rotatable bonds is 5. The van der Waals surface area contributed by atoms with Crippen LogP contribution in [0.3, 0.4) is 0 Å². The Kier molecular flexibility index (Phi) is 5.52. The molecular formula is C22H14FNO4S2. The number of amides is 1. The van der Waals surface area contributed by atoms with Crippen LogP contribution in [0.25, 0.3) is 17.4 Å². The number of furan rings is 1. The third-order valence-electron chi connectivity index (χ3n) is 4.46. The molecule has 1 aromatic heterocycles. The summed E-state index contributed by atoms with van der Waals surface area (Å²) < 4.78 is 19.0. The highest BCUT2D eigenvalue weighted by Gasteiger charge is 2.41. The molecule has 1 N–H and O–H groups in total. The predicted octanol–water partition coefficient (Wildman–Crippen LogP) is 5.11. The van der Waals surface area contributed by atoms with E-state index in [1.54, 1.807) is 54.6 Å². The van der Waals surface area contributed by atoms with Crippen molar-refractivity contribution in [3.8, 4) is 11.3 Å². The first kappa shape index (κ1) is 20.1. The van der Waals surface area contributed by atoms with Crippen molar-refractivity contribution in [3.63, 3.8) is 0 Å². The lowest BCUT2D eigenvalue weighted by Crippen LogP contribution is -2.37. The Morgan fingerprint density at radius 2 is 1.80 bits per heavy atom. The van der Waals surface area contributed by atoms with Gasteiger partial charge < -0.3 is 9.52 Å². The number of thioether (sulfide) groups is 1. The number of benzene rings is 2. The number of hydrogen-bond donors (Lipinski definition) is 1. The topological polar surface area (TPSA) is 70.8 Å². The normalized spacial score (nSPS) is 16.3. The van der Waals surface area contributed by atoms with E-state index >= 15 is 0 Å². The Labute approximate surface area is 180 Å². The maximum absolute atomic E-state index is 13.1. The minimum atomic E-state index is -1.21. The Morgan fingerprint density at radius 3 is 2.47 bits per heavy atom. The molecule has 0 spiro atoms. The van der Waals surface area contributed by atoms with E-state index in [0.717, 1.165) is 16.7 Å². The molecule has 1 aliphatic heterocycles. The SMILES string of the molecule is O=C(O)[C@H](c1ccccc1)N1C(=O)/C(=C\c2ccc(-c3ccc(F)cc3)o2)SC1=S. The molecule has 2 heterocycles. The third-order valence-corrected chi connectivity index (χ3v) is 5.79. The lowest BCUT2D eigenvalue weighted by molar-refractivity contribution is -0.145. The first-order chi connectivity index (χ1) is 14.4. The van der Waals surface area contributed by atoms with Gasteiger partial charge in [-0.15, -0.1) is 0 Å². The predicted molar refractivity (Wildman–Crippen MR) is 116 cm³/mol. The minimum absolute atomic E-state index is 0.160. The van der Waals surface area contributed by atoms with Crippen molar-refractivity contribution in [2.45, 2.75) is 6.04 Å². The number of hydrogen-bond acceptors (Lipinski definition) is 5. The zero-order valence-electron chi connectivity index (χ0n) is 15.3. The average molecular weight is 439 g/mol. The van der Waals surface area contributed by atoms with Crippen molar-refractivity contribution >= 4 is 46.3 Å². The highest BCUT2D eigenvalue weighted by molar-refractivity contribution is 8.26. The van der Waals surface area contributed by atoms with Crippen molar-refractivity contribution in [1.29, 1.82) is 0 Å². The van der Waals surface area contributed by atoms with Crippen molar-refractivity contribution in [1.82, 2.24) is 4.90 Å². The first-order valence-electron chi connectivity index (χ1n) is 8.84. The molecule has 1 atom stereocenters. The highest BCUT2D eigenvalue weighted by Crippen LogP contribution is 2.38. The highest BCUT2D eigenvalue weighted by atomic mass is 32.2. The van der Waals surface area contributed by atoms with E-state index in [0.29, 0.717) is 22.6 Å². The molecule has 1 saturated heterocycles. The van der Waals surface area contributed by atoms with Gasteiger partial charge in [0.05, 0.1) is 4.91 Å². The average Bonchev–Trinajstić information content (AvgIpc) is 3.30. The smallest absolute Gasteiger partial charge is 0.331 e. The fourth-order valence-electron chi connectivity index (χ4n) is 3.07. The van der Waals surface area contributed by atoms with Crippen LogP contribution < -0.4 is 0 Å². The zero-order chi connectivity index (χ0) is 21.3. The minimum Gasteiger partial charge on any atom is -0.479 e. The summed E-state index contributed by atoms with van der Waals surface area (Å²) in [5, 5.41) is 9.72. The lowest BCUT2D eigenvalue weighted by Gasteiger charge is -2.23. The van der Waals surface area contributed by atoms with Crippen LogP contribution in [0.2, 0.25) is 0 Å². The quantitative estimate of drug-likeness (QED) is 0.440. The van der Waals surface area contributed by atoms with E-state index in [2.05, 4.69) is 0 Å². The third kappa shape index (κ3) is 3.92. The van der Waals surface area contributed by atoms with Crippen LogP contribution in [0.1, 0.15) is 17.4 Å². The molecule has 0 aliphatic carbocycles. The maximum atomic E-state index is 13.1. The largest absolute Gasteiger partial charge is 0.479 e. The summed E-state index contributed by atoms with van der Waals surface area (Å²) >= 11 is 6.32. The van der Waals surface area contributed by atoms with E-state index in [-0.39, 0.29) is 15.0 Å². The molecule has 3 aromatic rings. The van der Waals surface area contributed by atoms with Gasteiger partial charge in [-0.25, -0.2) is 9.18 Å². The van der Waals surface area contributed by atoms with Gasteiger partial charge in [0.2, 0.25) is 0 Å². The van der Waals surface area contributed by atoms with Crippen molar-refractivity contribution in [3.05, 3.63) is 88.8 Å². The standard InChI is InChI=1S/C22H14FNO4S2/c23-15-8-6-13(7-9-15)17-11-10-16(28-17)12-18-20(25)24(22(29)30-18)19(21(26)27)14-4-2-1-3-5-14/h1-12,19H,(H,26,27)/b18-12+/t19-/m0/s1. The molecule has 0 saturated carbocycles. The molecule has 1 amide bonds. The number of thiocarbonyl (C=S) groups is 1. The summed E-state index contributed by atoms with van der Waals surface area (Å²) in [5.74, 6) is -1.09. The fraction of sp³-hybridized carbons (Fsp3) is 0.0455. The molecule has 1 aliphatic rings. The van der Waals surface area contributed by atoms with Gasteiger partial charge in [-0.2, -0.15) is 0 Å². The molecule has 0 bridgehead atoms. The van der Waals surface area contributed by atoms with Crippen LogP contribution in [0.5, 0.6) is 0 Å². The van der Waals surface area contributed by atoms with Gasteiger partial charge in [-0.1, -0.05) is 54.3 Å². The van der Waals surface area contributed by atoms with E-state index < -0.39 is 17.9 Å². The van der Waals surface area contributed by atoms with Crippen molar-refractivity contribution < 1.29 is 23.5 Å². The van der Waals surface area contributed by atoms with Gasteiger partial charge in [-0.05, 0) is 42.0 Å². The maximum Gasteiger partial charge on any atom is 0.331 e. The molecule has 1 fully saturated rings. The fourth-order valence-corrected chi connectivity index (χ4v) is 4.36. The van der Waals surface area contributed by atoms with Crippen LogP contribution in [0, 0.1) is 5.82 Å². The Hall–Kier alpha value is -3.23. The van der Waals surface area contributed by atoms with Gasteiger partial charge >= 0.3 is 5.97 Å². The van der Waals surface area contributed by atoms with E-state index in [1.807, 2.05) is 0 Å². The van der Waals surface area contributed by atoms with Gasteiger partial charge in [0, 0.05) is 11.6 Å². The molecular weight excluding hydrogens is 425 g/mol. The van der Waals surface area contributed by atoms with E-state index in [4.69, 9.17) is 16.6 Å². The summed E-state index contributed by atoms with van der Waals surface area (Å²) in [6, 6.07) is 16.5. The monoisotopic (exact) mass is 439 g/mol. The van der Waals surface area contributed by atoms with Gasteiger partial charge in [0.1, 0.15) is 21.7 Å². The van der Waals surface area contributed by atoms with Gasteiger partial charge in [0.15, 0.2) is 6.04 Å². The van der Waals surface area contributed by atoms with E-state index in [9.17, 15) is 19.1 Å². The summed E-state index contributed by atoms with van der Waals surface area (Å²) in [5.41, 5.74) is 1.15. The summed E-state index contributed by atoms with van der Waals surface area (Å²) in [4.78, 5) is 26.2. The summed E-state index contributed by atoms with van der Waals surface area (Å²) in [7, 11) is 0. The van der Waals surface area contributed by atoms with E-state index in [1.165, 1.54) is 18.2 Å². The van der Waals surface area contributed by atoms with Crippen LogP contribution >= 0.6 is 24.0 Å². The molecule has 5 nitrogen and oxygen atoms in total. The number of halogens is 1. The molecule has 30 heavy (non-hydrogen) atoms.